The van der Waals surface area contributed by atoms with Crippen LogP contribution in [-0.2, 0) is 4.79 Å². The third kappa shape index (κ3) is 5.46. The van der Waals surface area contributed by atoms with Crippen LogP contribution in [0.15, 0.2) is 36.5 Å². The van der Waals surface area contributed by atoms with E-state index in [0.29, 0.717) is 11.0 Å². The van der Waals surface area contributed by atoms with E-state index in [9.17, 15) is 4.79 Å². The van der Waals surface area contributed by atoms with Gasteiger partial charge in [-0.3, -0.25) is 4.79 Å². The first-order chi connectivity index (χ1) is 10.9. The summed E-state index contributed by atoms with van der Waals surface area (Å²) in [6, 6.07) is 8.22. The average Bonchev–Trinajstić information content (AvgIpc) is 2.46. The second-order valence-electron chi connectivity index (χ2n) is 4.83. The minimum atomic E-state index is -0.947. The molecular weight excluding hydrogens is 336 g/mol. The molecule has 0 saturated carbocycles. The molecule has 0 saturated heterocycles. The van der Waals surface area contributed by atoms with Crippen LogP contribution in [-0.4, -0.2) is 26.2 Å². The molecule has 2 aromatic rings. The highest BCUT2D eigenvalue weighted by Gasteiger charge is 2.17. The Kier molecular flexibility index (Phi) is 5.84. The van der Waals surface area contributed by atoms with E-state index in [0.717, 1.165) is 11.3 Å². The van der Waals surface area contributed by atoms with Crippen LogP contribution >= 0.6 is 23.8 Å². The number of hydrogen-bond donors (Lipinski definition) is 3. The number of aryl methyl sites for hydroxylation is 1. The second kappa shape index (κ2) is 7.85. The summed E-state index contributed by atoms with van der Waals surface area (Å²) >= 11 is 11.2. The summed E-state index contributed by atoms with van der Waals surface area (Å²) in [7, 11) is 0. The fourth-order valence-corrected chi connectivity index (χ4v) is 2.39. The van der Waals surface area contributed by atoms with E-state index in [1.54, 1.807) is 36.5 Å². The van der Waals surface area contributed by atoms with Crippen LogP contribution in [0.2, 0.25) is 5.02 Å². The van der Waals surface area contributed by atoms with Gasteiger partial charge >= 0.3 is 5.97 Å². The molecular formula is C15H15ClN4O2S. The minimum Gasteiger partial charge on any atom is -0.481 e. The first-order valence-corrected chi connectivity index (χ1v) is 7.57. The molecule has 0 aliphatic carbocycles. The van der Waals surface area contributed by atoms with Crippen molar-refractivity contribution in [1.29, 1.82) is 0 Å². The first-order valence-electron chi connectivity index (χ1n) is 6.78. The molecule has 1 aromatic heterocycles. The molecule has 1 atom stereocenters. The van der Waals surface area contributed by atoms with Crippen LogP contribution in [0.25, 0.3) is 0 Å². The van der Waals surface area contributed by atoms with Gasteiger partial charge in [-0.15, -0.1) is 0 Å². The van der Waals surface area contributed by atoms with Gasteiger partial charge in [-0.05, 0) is 42.9 Å². The van der Waals surface area contributed by atoms with Crippen LogP contribution < -0.4 is 10.6 Å². The van der Waals surface area contributed by atoms with Gasteiger partial charge in [-0.1, -0.05) is 23.7 Å². The fourth-order valence-electron chi connectivity index (χ4n) is 1.96. The lowest BCUT2D eigenvalue weighted by molar-refractivity contribution is -0.137. The number of carboxylic acids is 1. The Labute approximate surface area is 143 Å². The van der Waals surface area contributed by atoms with Crippen LogP contribution in [0.3, 0.4) is 0 Å². The molecule has 1 heterocycles. The lowest BCUT2D eigenvalue weighted by atomic mass is 10.0. The fraction of sp³-hybridized carbons (Fsp3) is 0.200. The summed E-state index contributed by atoms with van der Waals surface area (Å²) in [6.45, 7) is 1.84. The standard InChI is InChI=1S/C15H15ClN4O2S/c1-9-5-6-17-14(18-9)20-15(23)19-12(8-13(21)22)10-3-2-4-11(16)7-10/h2-7,12H,8H2,1H3,(H,21,22)(H2,17,18,19,20,23)/t12-/m0/s1. The molecule has 1 aromatic carbocycles. The topological polar surface area (TPSA) is 87.1 Å². The number of aromatic nitrogens is 2. The third-order valence-corrected chi connectivity index (χ3v) is 3.41. The Morgan fingerprint density at radius 3 is 2.87 bits per heavy atom. The van der Waals surface area contributed by atoms with Crippen molar-refractivity contribution in [2.45, 2.75) is 19.4 Å². The van der Waals surface area contributed by atoms with Gasteiger partial charge in [0.25, 0.3) is 0 Å². The Morgan fingerprint density at radius 2 is 2.22 bits per heavy atom. The van der Waals surface area contributed by atoms with E-state index in [-0.39, 0.29) is 11.5 Å². The first kappa shape index (κ1) is 17.1. The maximum absolute atomic E-state index is 11.1. The average molecular weight is 351 g/mol. The number of nitrogens with one attached hydrogen (secondary N) is 2. The molecule has 0 unspecified atom stereocenters. The lowest BCUT2D eigenvalue weighted by Gasteiger charge is -2.19. The predicted molar refractivity (Wildman–Crippen MR) is 92.6 cm³/mol. The number of thiocarbonyl (C=S) groups is 1. The van der Waals surface area contributed by atoms with Crippen LogP contribution in [0, 0.1) is 6.92 Å². The number of carbonyl (C=O) groups is 1. The van der Waals surface area contributed by atoms with Gasteiger partial charge in [0.2, 0.25) is 5.95 Å². The molecule has 0 aliphatic rings. The maximum Gasteiger partial charge on any atom is 0.305 e. The minimum absolute atomic E-state index is 0.142. The Bertz CT molecular complexity index is 726. The highest BCUT2D eigenvalue weighted by molar-refractivity contribution is 7.80. The summed E-state index contributed by atoms with van der Waals surface area (Å²) in [5.74, 6) is -0.597. The van der Waals surface area contributed by atoms with Gasteiger partial charge < -0.3 is 15.7 Å². The van der Waals surface area contributed by atoms with Gasteiger partial charge in [0.15, 0.2) is 5.11 Å². The van der Waals surface area contributed by atoms with Crippen molar-refractivity contribution in [3.8, 4) is 0 Å². The van der Waals surface area contributed by atoms with Crippen molar-refractivity contribution >= 4 is 40.8 Å². The molecule has 0 bridgehead atoms. The zero-order valence-corrected chi connectivity index (χ0v) is 13.9. The highest BCUT2D eigenvalue weighted by Crippen LogP contribution is 2.20. The van der Waals surface area contributed by atoms with Gasteiger partial charge in [0.05, 0.1) is 12.5 Å². The monoisotopic (exact) mass is 350 g/mol. The van der Waals surface area contributed by atoms with Crippen molar-refractivity contribution in [1.82, 2.24) is 15.3 Å². The van der Waals surface area contributed by atoms with Gasteiger partial charge in [-0.25, -0.2) is 9.97 Å². The molecule has 0 radical (unpaired) electrons. The molecule has 2 rings (SSSR count). The molecule has 3 N–H and O–H groups in total. The normalized spacial score (nSPS) is 11.6. The number of anilines is 1. The zero-order valence-electron chi connectivity index (χ0n) is 12.3. The van der Waals surface area contributed by atoms with Gasteiger partial charge in [0.1, 0.15) is 0 Å². The van der Waals surface area contributed by atoms with Crippen molar-refractivity contribution < 1.29 is 9.90 Å². The maximum atomic E-state index is 11.1. The summed E-state index contributed by atoms with van der Waals surface area (Å²) in [6.07, 6.45) is 1.47. The number of rotatable bonds is 5. The van der Waals surface area contributed by atoms with Gasteiger partial charge in [-0.2, -0.15) is 0 Å². The van der Waals surface area contributed by atoms with E-state index in [1.165, 1.54) is 0 Å². The zero-order chi connectivity index (χ0) is 16.8. The summed E-state index contributed by atoms with van der Waals surface area (Å²) in [4.78, 5) is 19.3. The van der Waals surface area contributed by atoms with E-state index in [1.807, 2.05) is 6.92 Å². The Morgan fingerprint density at radius 1 is 1.43 bits per heavy atom. The molecule has 120 valence electrons. The lowest BCUT2D eigenvalue weighted by Crippen LogP contribution is -2.34. The van der Waals surface area contributed by atoms with Crippen molar-refractivity contribution in [3.05, 3.63) is 52.8 Å². The number of halogens is 1. The number of hydrogen-bond acceptors (Lipinski definition) is 4. The third-order valence-electron chi connectivity index (χ3n) is 2.96. The number of nitrogens with zero attached hydrogens (tertiary/aromatic N) is 2. The Balaban J connectivity index is 2.11. The van der Waals surface area contributed by atoms with Crippen LogP contribution in [0.5, 0.6) is 0 Å². The number of benzene rings is 1. The Hall–Kier alpha value is -2.25. The van der Waals surface area contributed by atoms with Crippen LogP contribution in [0.1, 0.15) is 23.7 Å². The molecule has 8 heteroatoms. The van der Waals surface area contributed by atoms with E-state index in [2.05, 4.69) is 20.6 Å². The summed E-state index contributed by atoms with van der Waals surface area (Å²) < 4.78 is 0. The SMILES string of the molecule is Cc1ccnc(NC(=S)N[C@@H](CC(=O)O)c2cccc(Cl)c2)n1. The molecule has 0 fully saturated rings. The van der Waals surface area contributed by atoms with Gasteiger partial charge in [0, 0.05) is 16.9 Å². The highest BCUT2D eigenvalue weighted by atomic mass is 35.5. The van der Waals surface area contributed by atoms with E-state index >= 15 is 0 Å². The van der Waals surface area contributed by atoms with Crippen molar-refractivity contribution in [3.63, 3.8) is 0 Å². The second-order valence-corrected chi connectivity index (χ2v) is 5.67. The molecule has 0 amide bonds. The molecule has 23 heavy (non-hydrogen) atoms. The molecule has 6 nitrogen and oxygen atoms in total. The summed E-state index contributed by atoms with van der Waals surface area (Å²) in [5, 5.41) is 15.7. The van der Waals surface area contributed by atoms with E-state index < -0.39 is 12.0 Å². The van der Waals surface area contributed by atoms with Crippen molar-refractivity contribution in [2.75, 3.05) is 5.32 Å². The number of aliphatic carboxylic acids is 1. The molecule has 0 aliphatic heterocycles. The van der Waals surface area contributed by atoms with Crippen molar-refractivity contribution in [2.24, 2.45) is 0 Å². The van der Waals surface area contributed by atoms with Crippen LogP contribution in [0.4, 0.5) is 5.95 Å². The van der Waals surface area contributed by atoms with E-state index in [4.69, 9.17) is 28.9 Å². The largest absolute Gasteiger partial charge is 0.481 e. The molecule has 0 spiro atoms. The smallest absolute Gasteiger partial charge is 0.305 e. The quantitative estimate of drug-likeness (QED) is 0.714. The number of carboxylic acid groups (broad SMARTS) is 1. The summed E-state index contributed by atoms with van der Waals surface area (Å²) in [5.41, 5.74) is 1.52. The predicted octanol–water partition coefficient (Wildman–Crippen LogP) is 2.94.